The number of likely N-dealkylation sites (tertiary alicyclic amines) is 1. The Kier molecular flexibility index (Phi) is 7.80. The van der Waals surface area contributed by atoms with Crippen molar-refractivity contribution in [3.05, 3.63) is 0 Å². The van der Waals surface area contributed by atoms with E-state index >= 15 is 0 Å². The summed E-state index contributed by atoms with van der Waals surface area (Å²) in [6, 6.07) is 0.771. The molecule has 0 aromatic rings. The summed E-state index contributed by atoms with van der Waals surface area (Å²) in [4.78, 5) is 14.4. The number of hydrogen-bond acceptors (Lipinski definition) is 2. The molecule has 1 heterocycles. The Balaban J connectivity index is 0.00000256. The minimum Gasteiger partial charge on any atom is -0.336 e. The molecule has 1 aliphatic rings. The van der Waals surface area contributed by atoms with Crippen LogP contribution in [0.5, 0.6) is 0 Å². The van der Waals surface area contributed by atoms with E-state index in [-0.39, 0.29) is 24.4 Å². The Labute approximate surface area is 112 Å². The van der Waals surface area contributed by atoms with Crippen molar-refractivity contribution in [3.8, 4) is 0 Å². The summed E-state index contributed by atoms with van der Waals surface area (Å²) in [5, 5.41) is 3.28. The fourth-order valence-electron chi connectivity index (χ4n) is 2.53. The highest BCUT2D eigenvalue weighted by Gasteiger charge is 2.31. The molecular weight excluding hydrogens is 236 g/mol. The van der Waals surface area contributed by atoms with Crippen LogP contribution in [0.2, 0.25) is 0 Å². The fourth-order valence-corrected chi connectivity index (χ4v) is 2.53. The van der Waals surface area contributed by atoms with Crippen molar-refractivity contribution in [2.75, 3.05) is 6.54 Å². The van der Waals surface area contributed by atoms with E-state index in [1.165, 1.54) is 6.42 Å². The minimum atomic E-state index is -0.0389. The van der Waals surface area contributed by atoms with Gasteiger partial charge in [-0.2, -0.15) is 0 Å². The van der Waals surface area contributed by atoms with E-state index in [9.17, 15) is 4.79 Å². The number of nitrogens with zero attached hydrogens (tertiary/aromatic N) is 1. The van der Waals surface area contributed by atoms with E-state index in [0.717, 1.165) is 25.8 Å². The summed E-state index contributed by atoms with van der Waals surface area (Å²) >= 11 is 0. The van der Waals surface area contributed by atoms with Crippen LogP contribution in [0.4, 0.5) is 0 Å². The van der Waals surface area contributed by atoms with Crippen molar-refractivity contribution in [2.24, 2.45) is 0 Å². The summed E-state index contributed by atoms with van der Waals surface area (Å²) in [6.45, 7) is 9.35. The lowest BCUT2D eigenvalue weighted by atomic mass is 9.96. The van der Waals surface area contributed by atoms with Crippen LogP contribution >= 0.6 is 12.4 Å². The van der Waals surface area contributed by atoms with Crippen molar-refractivity contribution in [3.63, 3.8) is 0 Å². The predicted molar refractivity (Wildman–Crippen MR) is 74.6 cm³/mol. The molecule has 1 amide bonds. The molecule has 1 N–H and O–H groups in total. The molecule has 1 fully saturated rings. The molecule has 17 heavy (non-hydrogen) atoms. The maximum absolute atomic E-state index is 12.3. The third-order valence-corrected chi connectivity index (χ3v) is 3.52. The number of piperidine rings is 1. The lowest BCUT2D eigenvalue weighted by molar-refractivity contribution is -0.139. The molecule has 0 aromatic carbocycles. The van der Waals surface area contributed by atoms with E-state index in [2.05, 4.69) is 31.0 Å². The minimum absolute atomic E-state index is 0. The molecule has 3 nitrogen and oxygen atoms in total. The number of amides is 1. The number of carbonyl (C=O) groups excluding carboxylic acids is 1. The van der Waals surface area contributed by atoms with Gasteiger partial charge in [0.15, 0.2) is 0 Å². The number of carbonyl (C=O) groups is 1. The van der Waals surface area contributed by atoms with Gasteiger partial charge in [-0.05, 0) is 53.0 Å². The Hall–Kier alpha value is -0.280. The van der Waals surface area contributed by atoms with Crippen molar-refractivity contribution >= 4 is 18.3 Å². The van der Waals surface area contributed by atoms with Crippen molar-refractivity contribution < 1.29 is 4.79 Å². The molecule has 0 saturated carbocycles. The normalized spacial score (nSPS) is 26.2. The van der Waals surface area contributed by atoms with Gasteiger partial charge in [0.2, 0.25) is 5.91 Å². The Morgan fingerprint density at radius 2 is 1.88 bits per heavy atom. The number of nitrogens with one attached hydrogen (secondary N) is 1. The SMILES string of the molecule is CCCNC(C)C(=O)N1C(C)CCCC1C.Cl. The van der Waals surface area contributed by atoms with Gasteiger partial charge < -0.3 is 10.2 Å². The van der Waals surface area contributed by atoms with E-state index in [0.29, 0.717) is 12.1 Å². The quantitative estimate of drug-likeness (QED) is 0.845. The summed E-state index contributed by atoms with van der Waals surface area (Å²) < 4.78 is 0. The van der Waals surface area contributed by atoms with Gasteiger partial charge in [0.25, 0.3) is 0 Å². The molecule has 3 unspecified atom stereocenters. The lowest BCUT2D eigenvalue weighted by Gasteiger charge is -2.40. The third-order valence-electron chi connectivity index (χ3n) is 3.52. The lowest BCUT2D eigenvalue weighted by Crippen LogP contribution is -2.53. The first-order valence-corrected chi connectivity index (χ1v) is 6.63. The zero-order valence-corrected chi connectivity index (χ0v) is 12.3. The molecule has 0 bridgehead atoms. The molecule has 4 heteroatoms. The monoisotopic (exact) mass is 262 g/mol. The van der Waals surface area contributed by atoms with Crippen LogP contribution in [0, 0.1) is 0 Å². The molecule has 1 aliphatic heterocycles. The van der Waals surface area contributed by atoms with Gasteiger partial charge in [-0.25, -0.2) is 0 Å². The first-order chi connectivity index (χ1) is 7.57. The van der Waals surface area contributed by atoms with Gasteiger partial charge in [-0.1, -0.05) is 6.92 Å². The zero-order chi connectivity index (χ0) is 12.1. The third kappa shape index (κ3) is 4.47. The molecule has 102 valence electrons. The largest absolute Gasteiger partial charge is 0.336 e. The second kappa shape index (κ2) is 7.93. The van der Waals surface area contributed by atoms with Crippen LogP contribution in [0.3, 0.4) is 0 Å². The standard InChI is InChI=1S/C13H26N2O.ClH/c1-5-9-14-12(4)13(16)15-10(2)7-6-8-11(15)3;/h10-12,14H,5-9H2,1-4H3;1H. The Morgan fingerprint density at radius 1 is 1.35 bits per heavy atom. The Bertz CT molecular complexity index is 225. The van der Waals surface area contributed by atoms with E-state index < -0.39 is 0 Å². The average molecular weight is 263 g/mol. The molecule has 0 spiro atoms. The van der Waals surface area contributed by atoms with Gasteiger partial charge in [-0.15, -0.1) is 12.4 Å². The summed E-state index contributed by atoms with van der Waals surface area (Å²) in [5.74, 6) is 0.271. The highest BCUT2D eigenvalue weighted by atomic mass is 35.5. The van der Waals surface area contributed by atoms with Crippen LogP contribution in [0.15, 0.2) is 0 Å². The topological polar surface area (TPSA) is 32.3 Å². The van der Waals surface area contributed by atoms with Crippen LogP contribution in [-0.2, 0) is 4.79 Å². The molecular formula is C13H27ClN2O. The smallest absolute Gasteiger partial charge is 0.239 e. The molecule has 3 atom stereocenters. The number of halogens is 1. The van der Waals surface area contributed by atoms with Crippen molar-refractivity contribution in [1.29, 1.82) is 0 Å². The highest BCUT2D eigenvalue weighted by Crippen LogP contribution is 2.23. The number of hydrogen-bond donors (Lipinski definition) is 1. The van der Waals surface area contributed by atoms with Crippen molar-refractivity contribution in [1.82, 2.24) is 10.2 Å². The van der Waals surface area contributed by atoms with E-state index in [1.807, 2.05) is 6.92 Å². The molecule has 1 rings (SSSR count). The molecule has 0 radical (unpaired) electrons. The number of rotatable bonds is 4. The first-order valence-electron chi connectivity index (χ1n) is 6.63. The molecule has 1 saturated heterocycles. The average Bonchev–Trinajstić information content (AvgIpc) is 2.25. The maximum Gasteiger partial charge on any atom is 0.239 e. The summed E-state index contributed by atoms with van der Waals surface area (Å²) in [5.41, 5.74) is 0. The van der Waals surface area contributed by atoms with Gasteiger partial charge in [0, 0.05) is 12.1 Å². The van der Waals surface area contributed by atoms with Crippen LogP contribution in [-0.4, -0.2) is 35.5 Å². The second-order valence-electron chi connectivity index (χ2n) is 5.05. The maximum atomic E-state index is 12.3. The van der Waals surface area contributed by atoms with E-state index in [1.54, 1.807) is 0 Å². The van der Waals surface area contributed by atoms with Crippen LogP contribution in [0.1, 0.15) is 53.4 Å². The van der Waals surface area contributed by atoms with Gasteiger partial charge in [-0.3, -0.25) is 4.79 Å². The molecule has 0 aromatic heterocycles. The highest BCUT2D eigenvalue weighted by molar-refractivity contribution is 5.85. The molecule has 0 aliphatic carbocycles. The Morgan fingerprint density at radius 3 is 2.35 bits per heavy atom. The van der Waals surface area contributed by atoms with Crippen LogP contribution in [0.25, 0.3) is 0 Å². The van der Waals surface area contributed by atoms with E-state index in [4.69, 9.17) is 0 Å². The van der Waals surface area contributed by atoms with Crippen molar-refractivity contribution in [2.45, 2.75) is 71.5 Å². The zero-order valence-electron chi connectivity index (χ0n) is 11.5. The van der Waals surface area contributed by atoms with Gasteiger partial charge >= 0.3 is 0 Å². The second-order valence-corrected chi connectivity index (χ2v) is 5.05. The van der Waals surface area contributed by atoms with Crippen LogP contribution < -0.4 is 5.32 Å². The predicted octanol–water partition coefficient (Wildman–Crippen LogP) is 2.59. The summed E-state index contributed by atoms with van der Waals surface area (Å²) in [6.07, 6.45) is 4.62. The summed E-state index contributed by atoms with van der Waals surface area (Å²) in [7, 11) is 0. The fraction of sp³-hybridized carbons (Fsp3) is 0.923. The van der Waals surface area contributed by atoms with Gasteiger partial charge in [0.05, 0.1) is 6.04 Å². The first kappa shape index (κ1) is 16.7. The van der Waals surface area contributed by atoms with Gasteiger partial charge in [0.1, 0.15) is 0 Å².